The van der Waals surface area contributed by atoms with E-state index in [9.17, 15) is 19.5 Å². The van der Waals surface area contributed by atoms with Gasteiger partial charge >= 0.3 is 5.97 Å². The molecule has 1 aromatic rings. The largest absolute Gasteiger partial charge is 0.461 e. The van der Waals surface area contributed by atoms with Crippen LogP contribution in [0.15, 0.2) is 43.5 Å². The fraction of sp³-hybridized carbons (Fsp3) is 0.581. The summed E-state index contributed by atoms with van der Waals surface area (Å²) in [5.74, 6) is -2.50. The molecule has 1 aromatic carbocycles. The lowest BCUT2D eigenvalue weighted by Crippen LogP contribution is -2.56. The fourth-order valence-electron chi connectivity index (χ4n) is 6.99. The number of amides is 2. The van der Waals surface area contributed by atoms with Crippen LogP contribution >= 0.6 is 0 Å². The molecule has 0 aliphatic carbocycles. The molecule has 8 heteroatoms. The number of carbonyl (C=O) groups excluding carboxylic acids is 3. The average molecular weight is 539 g/mol. The molecule has 4 rings (SSSR count). The number of hydrogen-bond donors (Lipinski definition) is 1. The van der Waals surface area contributed by atoms with E-state index in [4.69, 9.17) is 9.47 Å². The van der Waals surface area contributed by atoms with Gasteiger partial charge in [0.15, 0.2) is 0 Å². The molecule has 39 heavy (non-hydrogen) atoms. The number of hydrogen-bond acceptors (Lipinski definition) is 6. The van der Waals surface area contributed by atoms with E-state index in [2.05, 4.69) is 13.2 Å². The fourth-order valence-corrected chi connectivity index (χ4v) is 6.99. The Balaban J connectivity index is 1.80. The first-order chi connectivity index (χ1) is 18.7. The predicted molar refractivity (Wildman–Crippen MR) is 149 cm³/mol. The van der Waals surface area contributed by atoms with Crippen LogP contribution < -0.4 is 4.90 Å². The molecule has 3 heterocycles. The van der Waals surface area contributed by atoms with E-state index in [1.54, 1.807) is 15.9 Å². The summed E-state index contributed by atoms with van der Waals surface area (Å²) in [4.78, 5) is 45.6. The number of esters is 1. The Labute approximate surface area is 231 Å². The van der Waals surface area contributed by atoms with Crippen molar-refractivity contribution in [3.63, 3.8) is 0 Å². The number of anilines is 1. The molecule has 0 radical (unpaired) electrons. The third-order valence-electron chi connectivity index (χ3n) is 8.80. The predicted octanol–water partition coefficient (Wildman–Crippen LogP) is 3.87. The lowest BCUT2D eigenvalue weighted by atomic mass is 9.65. The standard InChI is InChI=1S/C31H42N2O6/c1-6-16-32(23-20-21(4)12-13-22(23)5)28(36)26-31-15-14-30(8-3,39-31)25(29(37)38-19-7-2)24(31)27(35)33(26)17-10-9-11-18-34/h6-7,12-13,20,24-26,34H,1-2,8-11,14-19H2,3-5H3/t24-,25-,26?,30+,31?/m0/s1. The molecule has 1 N–H and O–H groups in total. The van der Waals surface area contributed by atoms with Crippen molar-refractivity contribution in [1.29, 1.82) is 0 Å². The molecule has 8 nitrogen and oxygen atoms in total. The number of nitrogens with zero attached hydrogens (tertiary/aromatic N) is 2. The summed E-state index contributed by atoms with van der Waals surface area (Å²) in [6, 6.07) is 5.08. The first kappa shape index (κ1) is 29.0. The zero-order valence-electron chi connectivity index (χ0n) is 23.5. The number of carbonyl (C=O) groups is 3. The number of benzene rings is 1. The molecule has 3 aliphatic rings. The first-order valence-corrected chi connectivity index (χ1v) is 14.1. The molecule has 3 aliphatic heterocycles. The van der Waals surface area contributed by atoms with E-state index >= 15 is 0 Å². The second-order valence-corrected chi connectivity index (χ2v) is 11.1. The first-order valence-electron chi connectivity index (χ1n) is 14.1. The summed E-state index contributed by atoms with van der Waals surface area (Å²) in [6.07, 6.45) is 6.80. The van der Waals surface area contributed by atoms with Crippen LogP contribution in [0.25, 0.3) is 0 Å². The van der Waals surface area contributed by atoms with E-state index in [1.165, 1.54) is 6.08 Å². The zero-order chi connectivity index (χ0) is 28.4. The number of aliphatic hydroxyl groups excluding tert-OH is 1. The van der Waals surface area contributed by atoms with Gasteiger partial charge in [0.25, 0.3) is 5.91 Å². The minimum absolute atomic E-state index is 0.0516. The van der Waals surface area contributed by atoms with E-state index in [-0.39, 0.29) is 31.6 Å². The summed E-state index contributed by atoms with van der Waals surface area (Å²) in [6.45, 7) is 14.2. The summed E-state index contributed by atoms with van der Waals surface area (Å²) in [5, 5.41) is 9.27. The van der Waals surface area contributed by atoms with Gasteiger partial charge in [-0.25, -0.2) is 0 Å². The van der Waals surface area contributed by atoms with Crippen molar-refractivity contribution in [3.8, 4) is 0 Å². The van der Waals surface area contributed by atoms with Crippen LogP contribution in [0, 0.1) is 25.7 Å². The van der Waals surface area contributed by atoms with Crippen molar-refractivity contribution in [2.45, 2.75) is 76.5 Å². The average Bonchev–Trinajstić information content (AvgIpc) is 3.53. The molecular formula is C31H42N2O6. The van der Waals surface area contributed by atoms with Gasteiger partial charge in [-0.05, 0) is 69.6 Å². The highest BCUT2D eigenvalue weighted by atomic mass is 16.6. The molecule has 0 saturated carbocycles. The molecule has 2 unspecified atom stereocenters. The molecule has 5 atom stereocenters. The van der Waals surface area contributed by atoms with Crippen molar-refractivity contribution in [2.24, 2.45) is 11.8 Å². The summed E-state index contributed by atoms with van der Waals surface area (Å²) in [5.41, 5.74) is 0.770. The van der Waals surface area contributed by atoms with Crippen molar-refractivity contribution >= 4 is 23.5 Å². The Kier molecular flexibility index (Phi) is 8.66. The van der Waals surface area contributed by atoms with Crippen molar-refractivity contribution in [1.82, 2.24) is 4.90 Å². The Bertz CT molecular complexity index is 1130. The lowest BCUT2D eigenvalue weighted by Gasteiger charge is -2.37. The van der Waals surface area contributed by atoms with Gasteiger partial charge in [0, 0.05) is 25.4 Å². The number of aryl methyl sites for hydroxylation is 2. The second-order valence-electron chi connectivity index (χ2n) is 11.1. The van der Waals surface area contributed by atoms with Crippen molar-refractivity contribution < 1.29 is 29.0 Å². The smallest absolute Gasteiger partial charge is 0.313 e. The Morgan fingerprint density at radius 1 is 1.21 bits per heavy atom. The van der Waals surface area contributed by atoms with E-state index in [1.807, 2.05) is 39.0 Å². The molecule has 3 fully saturated rings. The van der Waals surface area contributed by atoms with Gasteiger partial charge in [0.2, 0.25) is 5.91 Å². The number of ether oxygens (including phenoxy) is 2. The minimum atomic E-state index is -1.11. The van der Waals surface area contributed by atoms with Gasteiger partial charge in [0.1, 0.15) is 24.2 Å². The maximum atomic E-state index is 14.6. The van der Waals surface area contributed by atoms with Crippen LogP contribution in [0.4, 0.5) is 5.69 Å². The molecule has 2 amide bonds. The van der Waals surface area contributed by atoms with Crippen LogP contribution in [0.1, 0.15) is 56.6 Å². The molecule has 3 saturated heterocycles. The number of unbranched alkanes of at least 4 members (excludes halogenated alkanes) is 2. The monoisotopic (exact) mass is 538 g/mol. The summed E-state index contributed by atoms with van der Waals surface area (Å²) in [7, 11) is 0. The quantitative estimate of drug-likeness (QED) is 0.233. The van der Waals surface area contributed by atoms with Gasteiger partial charge in [-0.1, -0.05) is 37.8 Å². The molecule has 1 spiro atoms. The third kappa shape index (κ3) is 4.82. The van der Waals surface area contributed by atoms with Crippen LogP contribution in [0.5, 0.6) is 0 Å². The SMILES string of the molecule is C=CCOC(=O)[C@@H]1[C@H]2C(=O)N(CCCCCO)C(C(=O)N(CC=C)c3cc(C)ccc3C)C23CC[C@@]1(CC)O3. The maximum Gasteiger partial charge on any atom is 0.313 e. The van der Waals surface area contributed by atoms with Gasteiger partial charge in [0.05, 0.1) is 11.5 Å². The maximum absolute atomic E-state index is 14.6. The number of aliphatic hydroxyl groups is 1. The Hall–Kier alpha value is -2.97. The minimum Gasteiger partial charge on any atom is -0.461 e. The molecule has 212 valence electrons. The van der Waals surface area contributed by atoms with E-state index in [0.717, 1.165) is 23.2 Å². The highest BCUT2D eigenvalue weighted by Crippen LogP contribution is 2.64. The van der Waals surface area contributed by atoms with Gasteiger partial charge < -0.3 is 24.4 Å². The van der Waals surface area contributed by atoms with Gasteiger partial charge in [-0.3, -0.25) is 14.4 Å². The van der Waals surface area contributed by atoms with E-state index in [0.29, 0.717) is 38.6 Å². The topological polar surface area (TPSA) is 96.4 Å². The van der Waals surface area contributed by atoms with Gasteiger partial charge in [-0.2, -0.15) is 0 Å². The number of fused-ring (bicyclic) bond motifs is 1. The zero-order valence-corrected chi connectivity index (χ0v) is 23.5. The third-order valence-corrected chi connectivity index (χ3v) is 8.80. The molecule has 2 bridgehead atoms. The highest BCUT2D eigenvalue weighted by Gasteiger charge is 2.79. The van der Waals surface area contributed by atoms with Crippen LogP contribution in [-0.4, -0.2) is 71.3 Å². The highest BCUT2D eigenvalue weighted by molar-refractivity contribution is 6.05. The Morgan fingerprint density at radius 2 is 1.97 bits per heavy atom. The van der Waals surface area contributed by atoms with Crippen molar-refractivity contribution in [2.75, 3.05) is 31.2 Å². The number of rotatable bonds is 13. The Morgan fingerprint density at radius 3 is 2.64 bits per heavy atom. The van der Waals surface area contributed by atoms with Crippen LogP contribution in [0.2, 0.25) is 0 Å². The molecular weight excluding hydrogens is 496 g/mol. The number of likely N-dealkylation sites (tertiary alicyclic amines) is 1. The van der Waals surface area contributed by atoms with Crippen molar-refractivity contribution in [3.05, 3.63) is 54.6 Å². The van der Waals surface area contributed by atoms with Crippen LogP contribution in [0.3, 0.4) is 0 Å². The normalized spacial score (nSPS) is 28.9. The van der Waals surface area contributed by atoms with Gasteiger partial charge in [-0.15, -0.1) is 6.58 Å². The summed E-state index contributed by atoms with van der Waals surface area (Å²) < 4.78 is 12.3. The second kappa shape index (κ2) is 11.6. The molecule has 0 aromatic heterocycles. The van der Waals surface area contributed by atoms with Crippen LogP contribution in [-0.2, 0) is 23.9 Å². The summed E-state index contributed by atoms with van der Waals surface area (Å²) >= 11 is 0. The lowest BCUT2D eigenvalue weighted by molar-refractivity contribution is -0.159. The van der Waals surface area contributed by atoms with E-state index < -0.39 is 35.0 Å².